The van der Waals surface area contributed by atoms with Crippen LogP contribution in [-0.2, 0) is 11.3 Å². The van der Waals surface area contributed by atoms with Crippen molar-refractivity contribution in [3.8, 4) is 5.75 Å². The van der Waals surface area contributed by atoms with Crippen molar-refractivity contribution in [1.29, 1.82) is 0 Å². The number of hydrogen-bond donors (Lipinski definition) is 1. The molecule has 0 spiro atoms. The first-order chi connectivity index (χ1) is 19.1. The van der Waals surface area contributed by atoms with Crippen molar-refractivity contribution in [3.05, 3.63) is 81.4 Å². The summed E-state index contributed by atoms with van der Waals surface area (Å²) >= 11 is 0. The number of nitrogens with zero attached hydrogens (tertiary/aromatic N) is 5. The third-order valence-corrected chi connectivity index (χ3v) is 8.13. The van der Waals surface area contributed by atoms with Gasteiger partial charge in [0.25, 0.3) is 5.56 Å². The Balaban J connectivity index is 1.49. The largest absolute Gasteiger partial charge is 0.497 e. The van der Waals surface area contributed by atoms with E-state index in [1.807, 2.05) is 35.9 Å². The van der Waals surface area contributed by atoms with E-state index in [1.165, 1.54) is 0 Å². The number of rotatable bonds is 9. The van der Waals surface area contributed by atoms with Crippen molar-refractivity contribution in [3.63, 3.8) is 0 Å². The van der Waals surface area contributed by atoms with E-state index in [0.29, 0.717) is 24.5 Å². The number of nitrogens with one attached hydrogen (secondary N) is 1. The Labute approximate surface area is 228 Å². The molecule has 4 aromatic rings. The van der Waals surface area contributed by atoms with Crippen LogP contribution in [0.4, 0.5) is 0 Å². The molecule has 6 rings (SSSR count). The minimum absolute atomic E-state index is 0.0868. The predicted molar refractivity (Wildman–Crippen MR) is 149 cm³/mol. The topological polar surface area (TPSA) is 98.2 Å². The van der Waals surface area contributed by atoms with Crippen LogP contribution in [0.15, 0.2) is 53.3 Å². The van der Waals surface area contributed by atoms with Crippen LogP contribution in [0, 0.1) is 6.92 Å². The fraction of sp³-hybridized carbons (Fsp3) is 0.467. The highest BCUT2D eigenvalue weighted by Crippen LogP contribution is 2.35. The normalized spacial score (nSPS) is 18.8. The summed E-state index contributed by atoms with van der Waals surface area (Å²) in [7, 11) is 1.67. The van der Waals surface area contributed by atoms with Gasteiger partial charge < -0.3 is 14.5 Å². The van der Waals surface area contributed by atoms with Crippen LogP contribution < -0.4 is 10.3 Å². The SMILES string of the molecule is COc1ccc(CN(C[C@@H]2CCCO2)[C@@H](c2cc3ccc(C)cc3[nH]c2=O)c2nnnn2C2CCCC2)cc1. The van der Waals surface area contributed by atoms with Gasteiger partial charge in [-0.2, -0.15) is 0 Å². The fourth-order valence-corrected chi connectivity index (χ4v) is 6.10. The first-order valence-corrected chi connectivity index (χ1v) is 14.0. The lowest BCUT2D eigenvalue weighted by Gasteiger charge is -2.33. The Morgan fingerprint density at radius 1 is 1.10 bits per heavy atom. The zero-order valence-electron chi connectivity index (χ0n) is 22.7. The molecule has 1 saturated heterocycles. The minimum Gasteiger partial charge on any atom is -0.497 e. The van der Waals surface area contributed by atoms with Gasteiger partial charge in [0.15, 0.2) is 5.82 Å². The molecule has 2 fully saturated rings. The van der Waals surface area contributed by atoms with E-state index in [0.717, 1.165) is 72.9 Å². The van der Waals surface area contributed by atoms with E-state index in [2.05, 4.69) is 49.7 Å². The van der Waals surface area contributed by atoms with Crippen molar-refractivity contribution in [2.75, 3.05) is 20.3 Å². The molecule has 3 heterocycles. The molecule has 0 unspecified atom stereocenters. The minimum atomic E-state index is -0.443. The molecule has 2 atom stereocenters. The first-order valence-electron chi connectivity index (χ1n) is 14.0. The van der Waals surface area contributed by atoms with Gasteiger partial charge in [0, 0.05) is 30.8 Å². The number of pyridine rings is 1. The van der Waals surface area contributed by atoms with Gasteiger partial charge in [-0.1, -0.05) is 37.1 Å². The van der Waals surface area contributed by atoms with Crippen molar-refractivity contribution >= 4 is 10.9 Å². The molecule has 9 heteroatoms. The van der Waals surface area contributed by atoms with Crippen molar-refractivity contribution < 1.29 is 9.47 Å². The van der Waals surface area contributed by atoms with Gasteiger partial charge in [0.05, 0.1) is 19.3 Å². The molecule has 39 heavy (non-hydrogen) atoms. The molecule has 204 valence electrons. The molecule has 0 amide bonds. The third-order valence-electron chi connectivity index (χ3n) is 8.13. The Morgan fingerprint density at radius 3 is 2.67 bits per heavy atom. The number of aryl methyl sites for hydroxylation is 1. The standard InChI is InChI=1S/C30H36N6O3/c1-20-9-12-22-17-26(30(37)31-27(22)16-20)28(29-32-33-34-36(29)23-6-3-4-7-23)35(19-25-8-5-15-39-25)18-21-10-13-24(38-2)14-11-21/h9-14,16-17,23,25,28H,3-8,15,18-19H2,1-2H3,(H,31,37)/t25-,28-/m0/s1. The highest BCUT2D eigenvalue weighted by molar-refractivity contribution is 5.79. The molecular weight excluding hydrogens is 492 g/mol. The number of fused-ring (bicyclic) bond motifs is 1. The maximum atomic E-state index is 13.8. The number of aromatic nitrogens is 5. The van der Waals surface area contributed by atoms with Gasteiger partial charge in [-0.05, 0) is 83.8 Å². The van der Waals surface area contributed by atoms with Gasteiger partial charge in [-0.25, -0.2) is 4.68 Å². The highest BCUT2D eigenvalue weighted by Gasteiger charge is 2.35. The smallest absolute Gasteiger partial charge is 0.253 e. The summed E-state index contributed by atoms with van der Waals surface area (Å²) in [6, 6.07) is 16.1. The molecule has 2 aromatic heterocycles. The summed E-state index contributed by atoms with van der Waals surface area (Å²) in [6.07, 6.45) is 6.54. The van der Waals surface area contributed by atoms with Crippen LogP contribution in [-0.4, -0.2) is 56.5 Å². The maximum Gasteiger partial charge on any atom is 0.253 e. The number of ether oxygens (including phenoxy) is 2. The number of methoxy groups -OCH3 is 1. The molecule has 1 aliphatic carbocycles. The number of aromatic amines is 1. The van der Waals surface area contributed by atoms with Crippen LogP contribution in [0.3, 0.4) is 0 Å². The number of tetrazole rings is 1. The molecule has 1 saturated carbocycles. The molecule has 9 nitrogen and oxygen atoms in total. The second-order valence-electron chi connectivity index (χ2n) is 10.9. The van der Waals surface area contributed by atoms with Crippen LogP contribution in [0.2, 0.25) is 0 Å². The lowest BCUT2D eigenvalue weighted by Crippen LogP contribution is -2.39. The molecular formula is C30H36N6O3. The second kappa shape index (κ2) is 11.3. The summed E-state index contributed by atoms with van der Waals surface area (Å²) < 4.78 is 13.5. The quantitative estimate of drug-likeness (QED) is 0.336. The van der Waals surface area contributed by atoms with Crippen LogP contribution >= 0.6 is 0 Å². The van der Waals surface area contributed by atoms with E-state index in [1.54, 1.807) is 7.11 Å². The van der Waals surface area contributed by atoms with Crippen LogP contribution in [0.1, 0.15) is 73.1 Å². The number of H-pyrrole nitrogens is 1. The Hall–Kier alpha value is -3.56. The zero-order chi connectivity index (χ0) is 26.8. The number of benzene rings is 2. The number of hydrogen-bond acceptors (Lipinski definition) is 7. The first kappa shape index (κ1) is 25.7. The van der Waals surface area contributed by atoms with Gasteiger partial charge in [0.1, 0.15) is 11.8 Å². The fourth-order valence-electron chi connectivity index (χ4n) is 6.10. The summed E-state index contributed by atoms with van der Waals surface area (Å²) in [5.41, 5.74) is 3.58. The van der Waals surface area contributed by atoms with Crippen molar-refractivity contribution in [2.24, 2.45) is 0 Å². The van der Waals surface area contributed by atoms with Gasteiger partial charge in [-0.15, -0.1) is 5.10 Å². The van der Waals surface area contributed by atoms with Crippen LogP contribution in [0.5, 0.6) is 5.75 Å². The second-order valence-corrected chi connectivity index (χ2v) is 10.9. The van der Waals surface area contributed by atoms with Gasteiger partial charge in [0.2, 0.25) is 0 Å². The molecule has 1 N–H and O–H groups in total. The summed E-state index contributed by atoms with van der Waals surface area (Å²) in [5.74, 6) is 1.53. The summed E-state index contributed by atoms with van der Waals surface area (Å²) in [5, 5.41) is 14.2. The monoisotopic (exact) mass is 528 g/mol. The van der Waals surface area contributed by atoms with Gasteiger partial charge in [-0.3, -0.25) is 9.69 Å². The lowest BCUT2D eigenvalue weighted by molar-refractivity contribution is 0.0569. The summed E-state index contributed by atoms with van der Waals surface area (Å²) in [6.45, 7) is 4.07. The predicted octanol–water partition coefficient (Wildman–Crippen LogP) is 4.72. The molecule has 1 aliphatic heterocycles. The molecule has 2 aromatic carbocycles. The van der Waals surface area contributed by atoms with E-state index < -0.39 is 6.04 Å². The van der Waals surface area contributed by atoms with E-state index in [9.17, 15) is 4.79 Å². The molecule has 2 aliphatic rings. The van der Waals surface area contributed by atoms with Gasteiger partial charge >= 0.3 is 0 Å². The highest BCUT2D eigenvalue weighted by atomic mass is 16.5. The maximum absolute atomic E-state index is 13.8. The molecule has 0 radical (unpaired) electrons. The summed E-state index contributed by atoms with van der Waals surface area (Å²) in [4.78, 5) is 19.3. The average Bonchev–Trinajstić information content (AvgIpc) is 3.73. The van der Waals surface area contributed by atoms with E-state index >= 15 is 0 Å². The Kier molecular flexibility index (Phi) is 7.43. The Bertz CT molecular complexity index is 1470. The average molecular weight is 529 g/mol. The van der Waals surface area contributed by atoms with E-state index in [4.69, 9.17) is 9.47 Å². The molecule has 0 bridgehead atoms. The lowest BCUT2D eigenvalue weighted by atomic mass is 10.0. The Morgan fingerprint density at radius 2 is 1.92 bits per heavy atom. The van der Waals surface area contributed by atoms with Crippen molar-refractivity contribution in [1.82, 2.24) is 30.1 Å². The van der Waals surface area contributed by atoms with Crippen molar-refractivity contribution in [2.45, 2.75) is 70.2 Å². The third kappa shape index (κ3) is 5.46. The zero-order valence-corrected chi connectivity index (χ0v) is 22.7. The van der Waals surface area contributed by atoms with E-state index in [-0.39, 0.29) is 17.7 Å². The van der Waals surface area contributed by atoms with Crippen LogP contribution in [0.25, 0.3) is 10.9 Å².